The van der Waals surface area contributed by atoms with Crippen molar-refractivity contribution in [2.24, 2.45) is 5.92 Å². The van der Waals surface area contributed by atoms with Gasteiger partial charge in [-0.2, -0.15) is 0 Å². The summed E-state index contributed by atoms with van der Waals surface area (Å²) in [4.78, 5) is 0. The molecule has 0 aliphatic heterocycles. The van der Waals surface area contributed by atoms with Crippen LogP contribution in [0.25, 0.3) is 10.8 Å². The standard InChI is InChI=1S/C13H18N2O/c1-9(2)6-7-15-8-10-4-3-5-11(14)12(10)13(15)16/h3-5,8-9,16H,6-7,14H2,1-2H3. The molecule has 16 heavy (non-hydrogen) atoms. The van der Waals surface area contributed by atoms with E-state index in [9.17, 15) is 5.11 Å². The number of fused-ring (bicyclic) bond motifs is 1. The van der Waals surface area contributed by atoms with Gasteiger partial charge in [-0.25, -0.2) is 0 Å². The van der Waals surface area contributed by atoms with E-state index in [-0.39, 0.29) is 5.88 Å². The molecule has 0 aliphatic carbocycles. The maximum atomic E-state index is 10.1. The highest BCUT2D eigenvalue weighted by Crippen LogP contribution is 2.32. The molecule has 0 aliphatic rings. The van der Waals surface area contributed by atoms with Gasteiger partial charge in [-0.15, -0.1) is 0 Å². The van der Waals surface area contributed by atoms with Crippen LogP contribution in [0.2, 0.25) is 0 Å². The summed E-state index contributed by atoms with van der Waals surface area (Å²) in [5.41, 5.74) is 6.49. The molecule has 3 heteroatoms. The van der Waals surface area contributed by atoms with Crippen LogP contribution >= 0.6 is 0 Å². The van der Waals surface area contributed by atoms with Gasteiger partial charge in [0, 0.05) is 23.8 Å². The number of nitrogens with zero attached hydrogens (tertiary/aromatic N) is 1. The normalized spacial score (nSPS) is 11.4. The van der Waals surface area contributed by atoms with Gasteiger partial charge in [0.1, 0.15) is 0 Å². The summed E-state index contributed by atoms with van der Waals surface area (Å²) < 4.78 is 1.88. The molecule has 0 saturated heterocycles. The summed E-state index contributed by atoms with van der Waals surface area (Å²) >= 11 is 0. The van der Waals surface area contributed by atoms with Gasteiger partial charge in [-0.3, -0.25) is 0 Å². The predicted octanol–water partition coefficient (Wildman–Crippen LogP) is 2.98. The second-order valence-corrected chi connectivity index (χ2v) is 4.64. The van der Waals surface area contributed by atoms with Crippen LogP contribution in [-0.4, -0.2) is 9.67 Å². The topological polar surface area (TPSA) is 51.2 Å². The quantitative estimate of drug-likeness (QED) is 0.778. The fraction of sp³-hybridized carbons (Fsp3) is 0.385. The summed E-state index contributed by atoms with van der Waals surface area (Å²) in [5, 5.41) is 11.8. The first-order chi connectivity index (χ1) is 7.59. The third-order valence-corrected chi connectivity index (χ3v) is 2.87. The van der Waals surface area contributed by atoms with Gasteiger partial charge >= 0.3 is 0 Å². The number of aryl methyl sites for hydroxylation is 1. The molecule has 0 unspecified atom stereocenters. The number of aromatic hydroxyl groups is 1. The van der Waals surface area contributed by atoms with Crippen LogP contribution in [0.3, 0.4) is 0 Å². The molecule has 86 valence electrons. The summed E-state index contributed by atoms with van der Waals surface area (Å²) in [6.07, 6.45) is 3.01. The maximum Gasteiger partial charge on any atom is 0.201 e. The largest absolute Gasteiger partial charge is 0.494 e. The van der Waals surface area contributed by atoms with Gasteiger partial charge in [-0.05, 0) is 18.4 Å². The summed E-state index contributed by atoms with van der Waals surface area (Å²) in [7, 11) is 0. The third-order valence-electron chi connectivity index (χ3n) is 2.87. The molecule has 0 saturated carbocycles. The molecule has 3 nitrogen and oxygen atoms in total. The Bertz CT molecular complexity index is 500. The number of hydrogen-bond donors (Lipinski definition) is 2. The van der Waals surface area contributed by atoms with Gasteiger partial charge in [0.15, 0.2) is 0 Å². The van der Waals surface area contributed by atoms with Crippen LogP contribution in [-0.2, 0) is 6.54 Å². The molecule has 0 atom stereocenters. The zero-order valence-corrected chi connectivity index (χ0v) is 9.77. The lowest BCUT2D eigenvalue weighted by Crippen LogP contribution is -1.99. The number of nitrogens with two attached hydrogens (primary N) is 1. The Kier molecular flexibility index (Phi) is 2.77. The molecule has 0 spiro atoms. The number of rotatable bonds is 3. The number of anilines is 1. The summed E-state index contributed by atoms with van der Waals surface area (Å²) in [5.74, 6) is 0.913. The molecule has 3 N–H and O–H groups in total. The SMILES string of the molecule is CC(C)CCn1cc2cccc(N)c2c1O. The van der Waals surface area contributed by atoms with E-state index in [0.29, 0.717) is 11.6 Å². The second-order valence-electron chi connectivity index (χ2n) is 4.64. The van der Waals surface area contributed by atoms with E-state index < -0.39 is 0 Å². The van der Waals surface area contributed by atoms with E-state index in [2.05, 4.69) is 13.8 Å². The lowest BCUT2D eigenvalue weighted by molar-refractivity contribution is 0.406. The maximum absolute atomic E-state index is 10.1. The van der Waals surface area contributed by atoms with Gasteiger partial charge in [0.25, 0.3) is 0 Å². The highest BCUT2D eigenvalue weighted by Gasteiger charge is 2.10. The van der Waals surface area contributed by atoms with Crippen molar-refractivity contribution in [1.29, 1.82) is 0 Å². The Morgan fingerprint density at radius 1 is 1.38 bits per heavy atom. The second kappa shape index (κ2) is 4.08. The monoisotopic (exact) mass is 218 g/mol. The van der Waals surface area contributed by atoms with Crippen molar-refractivity contribution < 1.29 is 5.11 Å². The van der Waals surface area contributed by atoms with Crippen LogP contribution in [0.5, 0.6) is 5.88 Å². The van der Waals surface area contributed by atoms with Crippen molar-refractivity contribution in [2.45, 2.75) is 26.8 Å². The van der Waals surface area contributed by atoms with Crippen molar-refractivity contribution in [3.05, 3.63) is 24.4 Å². The Hall–Kier alpha value is -1.64. The van der Waals surface area contributed by atoms with Gasteiger partial charge < -0.3 is 15.4 Å². The Morgan fingerprint density at radius 2 is 2.12 bits per heavy atom. The van der Waals surface area contributed by atoms with E-state index in [1.807, 2.05) is 29.0 Å². The minimum absolute atomic E-state index is 0.286. The first-order valence-corrected chi connectivity index (χ1v) is 5.66. The summed E-state index contributed by atoms with van der Waals surface area (Å²) in [6, 6.07) is 5.69. The Balaban J connectivity index is 2.40. The third kappa shape index (κ3) is 1.85. The minimum atomic E-state index is 0.286. The smallest absolute Gasteiger partial charge is 0.201 e. The van der Waals surface area contributed by atoms with Crippen LogP contribution in [0.15, 0.2) is 24.4 Å². The molecular formula is C13H18N2O. The number of hydrogen-bond acceptors (Lipinski definition) is 2. The lowest BCUT2D eigenvalue weighted by atomic mass is 10.1. The molecular weight excluding hydrogens is 200 g/mol. The average molecular weight is 218 g/mol. The zero-order chi connectivity index (χ0) is 11.7. The molecule has 0 fully saturated rings. The molecule has 1 aromatic carbocycles. The molecule has 0 amide bonds. The highest BCUT2D eigenvalue weighted by molar-refractivity contribution is 5.97. The van der Waals surface area contributed by atoms with Gasteiger partial charge in [0.05, 0.1) is 5.39 Å². The van der Waals surface area contributed by atoms with Crippen LogP contribution in [0.4, 0.5) is 5.69 Å². The van der Waals surface area contributed by atoms with Crippen LogP contribution in [0, 0.1) is 5.92 Å². The van der Waals surface area contributed by atoms with Crippen LogP contribution in [0.1, 0.15) is 20.3 Å². The highest BCUT2D eigenvalue weighted by atomic mass is 16.3. The summed E-state index contributed by atoms with van der Waals surface area (Å²) in [6.45, 7) is 5.18. The lowest BCUT2D eigenvalue weighted by Gasteiger charge is -2.07. The van der Waals surface area contributed by atoms with E-state index in [4.69, 9.17) is 5.73 Å². The first-order valence-electron chi connectivity index (χ1n) is 5.66. The minimum Gasteiger partial charge on any atom is -0.494 e. The number of aromatic nitrogens is 1. The van der Waals surface area contributed by atoms with Crippen molar-refractivity contribution in [3.8, 4) is 5.88 Å². The van der Waals surface area contributed by atoms with Crippen LogP contribution < -0.4 is 5.73 Å². The fourth-order valence-electron chi connectivity index (χ4n) is 1.89. The van der Waals surface area contributed by atoms with Gasteiger partial charge in [0.2, 0.25) is 5.88 Å². The first kappa shape index (κ1) is 10.9. The number of benzene rings is 1. The zero-order valence-electron chi connectivity index (χ0n) is 9.77. The molecule has 0 bridgehead atoms. The predicted molar refractivity (Wildman–Crippen MR) is 67.5 cm³/mol. The van der Waals surface area contributed by atoms with Crippen molar-refractivity contribution in [3.63, 3.8) is 0 Å². The molecule has 0 radical (unpaired) electrons. The van der Waals surface area contributed by atoms with Gasteiger partial charge in [-0.1, -0.05) is 26.0 Å². The molecule has 2 rings (SSSR count). The Morgan fingerprint density at radius 3 is 2.75 bits per heavy atom. The Labute approximate surface area is 95.5 Å². The number of nitrogen functional groups attached to an aromatic ring is 1. The van der Waals surface area contributed by atoms with E-state index in [0.717, 1.165) is 23.7 Å². The van der Waals surface area contributed by atoms with Crippen molar-refractivity contribution in [2.75, 3.05) is 5.73 Å². The van der Waals surface area contributed by atoms with Crippen molar-refractivity contribution in [1.82, 2.24) is 4.57 Å². The van der Waals surface area contributed by atoms with E-state index >= 15 is 0 Å². The molecule has 1 heterocycles. The van der Waals surface area contributed by atoms with Crippen molar-refractivity contribution >= 4 is 16.5 Å². The van der Waals surface area contributed by atoms with E-state index in [1.54, 1.807) is 0 Å². The molecule has 1 aromatic heterocycles. The molecule has 2 aromatic rings. The average Bonchev–Trinajstić information content (AvgIpc) is 2.54. The van der Waals surface area contributed by atoms with E-state index in [1.165, 1.54) is 0 Å². The fourth-order valence-corrected chi connectivity index (χ4v) is 1.89.